The van der Waals surface area contributed by atoms with Crippen LogP contribution in [0.2, 0.25) is 0 Å². The van der Waals surface area contributed by atoms with Crippen LogP contribution >= 0.6 is 0 Å². The third-order valence-electron chi connectivity index (χ3n) is 0. The Labute approximate surface area is 745 Å². The van der Waals surface area contributed by atoms with Crippen LogP contribution in [0.4, 0.5) is 0 Å². The van der Waals surface area contributed by atoms with Gasteiger partial charge in [-0.1, -0.05) is 0 Å². The molecule has 0 unspecified atom stereocenters. The standard InChI is InChI=1S/8Cs.8H2O4S/c;;;;;;;;8*1-5(2,3)4/h;;;;;;;;8*(H2,1,2,3,4)/q8*+1;;;;;;;;/p-8. The third-order valence-corrected chi connectivity index (χ3v) is 0. The van der Waals surface area contributed by atoms with Crippen molar-refractivity contribution in [2.45, 2.75) is 0 Å². The molecule has 0 fully saturated rings. The van der Waals surface area contributed by atoms with Crippen molar-refractivity contribution in [2.24, 2.45) is 0 Å². The summed E-state index contributed by atoms with van der Waals surface area (Å²) in [4.78, 5) is 0. The molecular weight excluding hydrogens is 1830 g/mol. The van der Waals surface area contributed by atoms with Crippen molar-refractivity contribution in [2.75, 3.05) is 0 Å². The summed E-state index contributed by atoms with van der Waals surface area (Å²) < 4.78 is 263. The summed E-state index contributed by atoms with van der Waals surface area (Å²) in [6.07, 6.45) is 0. The molecule has 0 aromatic rings. The van der Waals surface area contributed by atoms with Crippen molar-refractivity contribution < 1.29 is 691 Å². The van der Waals surface area contributed by atoms with Crippen LogP contribution in [0.5, 0.6) is 0 Å². The van der Waals surface area contributed by atoms with Gasteiger partial charge in [-0.15, -0.1) is 0 Å². The number of hydrogen-bond donors (Lipinski definition) is 8. The summed E-state index contributed by atoms with van der Waals surface area (Å²) in [5.74, 6) is 0. The second kappa shape index (κ2) is 58.5. The van der Waals surface area contributed by atoms with Crippen LogP contribution in [0.25, 0.3) is 0 Å². The Morgan fingerprint density at radius 1 is 0.208 bits per heavy atom. The molecule has 8 N–H and O–H groups in total. The van der Waals surface area contributed by atoms with Gasteiger partial charge in [0.25, 0.3) is 0 Å². The smallest absolute Gasteiger partial charge is 0.759 e. The minimum absolute atomic E-state index is 0. The summed E-state index contributed by atoms with van der Waals surface area (Å²) >= 11 is 0. The molecule has 48 heavy (non-hydrogen) atoms. The van der Waals surface area contributed by atoms with E-state index in [1.54, 1.807) is 0 Å². The molecule has 0 amide bonds. The maximum absolute atomic E-state index is 8.74. The third kappa shape index (κ3) is 946. The van der Waals surface area contributed by atoms with E-state index in [4.69, 9.17) is 140 Å². The molecule has 0 aliphatic heterocycles. The topological polar surface area (TPSA) is 619 Å². The summed E-state index contributed by atoms with van der Waals surface area (Å²) in [6.45, 7) is 0. The normalized spacial score (nSPS) is 9.67. The van der Waals surface area contributed by atoms with Gasteiger partial charge in [0.05, 0.1) is 0 Å². The molecule has 0 aliphatic carbocycles. The van der Waals surface area contributed by atoms with Crippen LogP contribution in [-0.4, -0.2) is 140 Å². The largest absolute Gasteiger partial charge is 1.00 e. The van der Waals surface area contributed by atoms with Crippen LogP contribution in [0.1, 0.15) is 0 Å². The van der Waals surface area contributed by atoms with Crippen molar-refractivity contribution in [3.8, 4) is 0 Å². The Bertz CT molecular complexity index is 1090. The predicted octanol–water partition coefficient (Wildman–Crippen LogP) is -31.9. The second-order valence-corrected chi connectivity index (χ2v) is 10.3. The van der Waals surface area contributed by atoms with E-state index >= 15 is 0 Å². The van der Waals surface area contributed by atoms with E-state index in [1.165, 1.54) is 0 Å². The van der Waals surface area contributed by atoms with Gasteiger partial charge in [0.1, 0.15) is 0 Å². The van der Waals surface area contributed by atoms with Crippen LogP contribution in [0.15, 0.2) is 0 Å². The minimum Gasteiger partial charge on any atom is -0.759 e. The first-order chi connectivity index (χ1) is 16.0. The van der Waals surface area contributed by atoms with Gasteiger partial charge in [-0.2, -0.15) is 33.7 Å². The number of hydrogen-bond acceptors (Lipinski definition) is 24. The Morgan fingerprint density at radius 3 is 0.208 bits per heavy atom. The van der Waals surface area contributed by atoms with E-state index in [2.05, 4.69) is 0 Å². The van der Waals surface area contributed by atoms with E-state index < -0.39 is 83.2 Å². The molecule has 0 saturated carbocycles. The fraction of sp³-hybridized carbons (Fsp3) is 0. The first-order valence-corrected chi connectivity index (χ1v) is 16.4. The Balaban J connectivity index is -0.0000000170. The number of rotatable bonds is 0. The van der Waals surface area contributed by atoms with E-state index in [0.29, 0.717) is 0 Å². The van der Waals surface area contributed by atoms with E-state index in [-0.39, 0.29) is 551 Å². The zero-order valence-corrected chi connectivity index (χ0v) is 81.4. The molecule has 256 valence electrons. The van der Waals surface area contributed by atoms with Crippen molar-refractivity contribution in [3.63, 3.8) is 0 Å². The van der Waals surface area contributed by atoms with Gasteiger partial charge in [-0.25, -0.2) is 0 Å². The van der Waals surface area contributed by atoms with Gasteiger partial charge in [-0.05, 0) is 0 Å². The fourth-order valence-electron chi connectivity index (χ4n) is 0. The minimum atomic E-state index is -5.17. The molecule has 0 radical (unpaired) electrons. The molecular formula is H8Cs8O32S8. The van der Waals surface area contributed by atoms with E-state index in [0.717, 1.165) is 0 Å². The molecule has 0 spiro atoms. The molecule has 0 aromatic carbocycles. The van der Waals surface area contributed by atoms with Crippen molar-refractivity contribution in [3.05, 3.63) is 0 Å². The van der Waals surface area contributed by atoms with Gasteiger partial charge < -0.3 is 36.4 Å². The summed E-state index contributed by atoms with van der Waals surface area (Å²) in [5.41, 5.74) is 0. The maximum atomic E-state index is 8.74. The van der Waals surface area contributed by atoms with Gasteiger partial charge in [0.15, 0.2) is 0 Å². The van der Waals surface area contributed by atoms with E-state index in [9.17, 15) is 0 Å². The predicted molar refractivity (Wildman–Crippen MR) is 98.6 cm³/mol. The Morgan fingerprint density at radius 2 is 0.208 bits per heavy atom. The van der Waals surface area contributed by atoms with Gasteiger partial charge >= 0.3 is 593 Å². The fourth-order valence-corrected chi connectivity index (χ4v) is 0. The van der Waals surface area contributed by atoms with Gasteiger partial charge in [-0.3, -0.25) is 70.1 Å². The first-order valence-electron chi connectivity index (χ1n) is 5.46. The van der Waals surface area contributed by atoms with Crippen LogP contribution in [0, 0.1) is 0 Å². The molecule has 0 atom stereocenters. The van der Waals surface area contributed by atoms with Gasteiger partial charge in [0.2, 0.25) is 0 Å². The van der Waals surface area contributed by atoms with Crippen LogP contribution < -0.4 is 551 Å². The summed E-state index contributed by atoms with van der Waals surface area (Å²) in [7, 11) is -39.3. The molecule has 0 heterocycles. The van der Waals surface area contributed by atoms with E-state index in [1.807, 2.05) is 0 Å². The molecule has 0 aliphatic rings. The molecule has 48 heteroatoms. The molecule has 0 rings (SSSR count). The zero-order valence-electron chi connectivity index (χ0n) is 24.6. The molecule has 0 saturated heterocycles. The Hall–Kier alpha value is 15.4. The average molecular weight is 1840 g/mol. The van der Waals surface area contributed by atoms with Crippen LogP contribution in [-0.2, 0) is 83.2 Å². The Kier molecular flexibility index (Phi) is 134. The molecule has 0 bridgehead atoms. The zero-order chi connectivity index (χ0) is 36.0. The van der Waals surface area contributed by atoms with Crippen molar-refractivity contribution >= 4 is 83.2 Å². The quantitative estimate of drug-likeness (QED) is 0.0825. The first kappa shape index (κ1) is 110. The van der Waals surface area contributed by atoms with Gasteiger partial charge in [0, 0.05) is 41.6 Å². The summed E-state index contributed by atoms with van der Waals surface area (Å²) in [5, 5.41) is 0. The van der Waals surface area contributed by atoms with Crippen LogP contribution in [0.3, 0.4) is 0 Å². The molecule has 32 nitrogen and oxygen atoms in total. The average Bonchev–Trinajstić information content (AvgIpc) is 2.16. The van der Waals surface area contributed by atoms with Crippen molar-refractivity contribution in [1.29, 1.82) is 0 Å². The monoisotopic (exact) mass is 1840 g/mol. The SMILES string of the molecule is O=S(=O)(O)O.O=S(=O)(O)O.O=S(=O)(O)O.O=S(=O)(O)O.O=S(=O)([O-])[O-].O=S(=O)([O-])[O-].O=S(=O)([O-])[O-].O=S(=O)([O-])[O-].[Cs+].[Cs+].[Cs+].[Cs+].[Cs+].[Cs+].[Cs+].[Cs+]. The maximum Gasteiger partial charge on any atom is 1.00 e. The second-order valence-electron chi connectivity index (χ2n) is 3.42. The summed E-state index contributed by atoms with van der Waals surface area (Å²) in [6, 6.07) is 0. The molecule has 0 aromatic heterocycles. The van der Waals surface area contributed by atoms with Crippen molar-refractivity contribution in [1.82, 2.24) is 0 Å².